The molecule has 1 atom stereocenters. The van der Waals surface area contributed by atoms with E-state index in [1.54, 1.807) is 63.4 Å². The van der Waals surface area contributed by atoms with Crippen molar-refractivity contribution in [1.82, 2.24) is 4.57 Å². The molecule has 42 heavy (non-hydrogen) atoms. The van der Waals surface area contributed by atoms with E-state index < -0.39 is 12.0 Å². The highest BCUT2D eigenvalue weighted by molar-refractivity contribution is 9.10. The second kappa shape index (κ2) is 12.9. The third-order valence-corrected chi connectivity index (χ3v) is 8.61. The molecule has 3 aromatic carbocycles. The van der Waals surface area contributed by atoms with Crippen molar-refractivity contribution >= 4 is 62.5 Å². The van der Waals surface area contributed by atoms with Crippen molar-refractivity contribution in [3.05, 3.63) is 123 Å². The summed E-state index contributed by atoms with van der Waals surface area (Å²) >= 11 is 17.4. The normalized spacial score (nSPS) is 14.8. The zero-order valence-corrected chi connectivity index (χ0v) is 26.7. The Kier molecular flexibility index (Phi) is 9.22. The van der Waals surface area contributed by atoms with Crippen molar-refractivity contribution in [3.8, 4) is 11.5 Å². The number of rotatable bonds is 8. The van der Waals surface area contributed by atoms with Gasteiger partial charge < -0.3 is 14.2 Å². The van der Waals surface area contributed by atoms with Gasteiger partial charge >= 0.3 is 5.97 Å². The Morgan fingerprint density at radius 2 is 1.88 bits per heavy atom. The van der Waals surface area contributed by atoms with Gasteiger partial charge in [0.1, 0.15) is 12.6 Å². The van der Waals surface area contributed by atoms with Crippen LogP contribution in [0.25, 0.3) is 6.08 Å². The minimum absolute atomic E-state index is 0.179. The molecule has 0 saturated carbocycles. The summed E-state index contributed by atoms with van der Waals surface area (Å²) in [5.41, 5.74) is 2.52. The number of aromatic nitrogens is 1. The van der Waals surface area contributed by atoms with Gasteiger partial charge in [-0.1, -0.05) is 80.8 Å². The van der Waals surface area contributed by atoms with Gasteiger partial charge in [-0.2, -0.15) is 0 Å². The lowest BCUT2D eigenvalue weighted by molar-refractivity contribution is -0.139. The summed E-state index contributed by atoms with van der Waals surface area (Å²) in [4.78, 5) is 32.3. The van der Waals surface area contributed by atoms with Gasteiger partial charge in [0.05, 0.1) is 29.5 Å². The SMILES string of the molecule is CCOC(=O)C1=C(C)N=c2s/c(=C\c3cc(Br)cc(OC)c3OCc3ccc(Cl)cc3)c(=O)n2[C@H]1c1ccccc1Cl. The standard InChI is InChI=1S/C31H25BrCl2N2O5S/c1-4-40-30(38)26-17(2)35-31-36(27(26)22-7-5-6-8-23(22)34)29(37)25(42-31)14-19-13-20(32)15-24(39-3)28(19)41-16-18-9-11-21(33)12-10-18/h5-15,27H,4,16H2,1-3H3/b25-14-/t27-/m0/s1. The van der Waals surface area contributed by atoms with E-state index >= 15 is 0 Å². The Balaban J connectivity index is 1.67. The van der Waals surface area contributed by atoms with Gasteiger partial charge in [-0.3, -0.25) is 9.36 Å². The van der Waals surface area contributed by atoms with E-state index in [1.165, 1.54) is 15.9 Å². The van der Waals surface area contributed by atoms with E-state index in [0.717, 1.165) is 10.0 Å². The van der Waals surface area contributed by atoms with E-state index in [2.05, 4.69) is 20.9 Å². The maximum absolute atomic E-state index is 14.1. The third-order valence-electron chi connectivity index (χ3n) is 6.57. The molecule has 0 spiro atoms. The van der Waals surface area contributed by atoms with Crippen molar-refractivity contribution in [2.75, 3.05) is 13.7 Å². The first-order chi connectivity index (χ1) is 20.2. The van der Waals surface area contributed by atoms with Crippen LogP contribution in [0.3, 0.4) is 0 Å². The molecule has 0 radical (unpaired) electrons. The lowest BCUT2D eigenvalue weighted by atomic mass is 9.96. The number of halogens is 3. The minimum atomic E-state index is -0.811. The van der Waals surface area contributed by atoms with Crippen molar-refractivity contribution in [2.24, 2.45) is 4.99 Å². The number of hydrogen-bond acceptors (Lipinski definition) is 7. The number of allylic oxidation sites excluding steroid dienone is 1. The van der Waals surface area contributed by atoms with Gasteiger partial charge in [-0.15, -0.1) is 0 Å². The second-order valence-electron chi connectivity index (χ2n) is 9.27. The molecular weight excluding hydrogens is 663 g/mol. The largest absolute Gasteiger partial charge is 0.493 e. The molecule has 1 aliphatic heterocycles. The monoisotopic (exact) mass is 686 g/mol. The first-order valence-corrected chi connectivity index (χ1v) is 15.3. The van der Waals surface area contributed by atoms with Gasteiger partial charge in [0, 0.05) is 20.1 Å². The molecule has 0 fully saturated rings. The average molecular weight is 688 g/mol. The van der Waals surface area contributed by atoms with E-state index in [9.17, 15) is 9.59 Å². The molecule has 5 rings (SSSR count). The lowest BCUT2D eigenvalue weighted by Crippen LogP contribution is -2.40. The Morgan fingerprint density at radius 1 is 1.14 bits per heavy atom. The zero-order valence-electron chi connectivity index (χ0n) is 22.8. The maximum atomic E-state index is 14.1. The highest BCUT2D eigenvalue weighted by Crippen LogP contribution is 2.37. The van der Waals surface area contributed by atoms with Crippen LogP contribution in [0.1, 0.15) is 36.6 Å². The Hall–Kier alpha value is -3.37. The van der Waals surface area contributed by atoms with Gasteiger partial charge in [-0.25, -0.2) is 9.79 Å². The van der Waals surface area contributed by atoms with Crippen LogP contribution in [0.2, 0.25) is 10.0 Å². The van der Waals surface area contributed by atoms with E-state index in [0.29, 0.717) is 47.7 Å². The molecule has 1 aliphatic rings. The topological polar surface area (TPSA) is 79.1 Å². The number of esters is 1. The number of nitrogens with zero attached hydrogens (tertiary/aromatic N) is 2. The fraction of sp³-hybridized carbons (Fsp3) is 0.194. The Morgan fingerprint density at radius 3 is 2.57 bits per heavy atom. The van der Waals surface area contributed by atoms with Gasteiger partial charge in [0.25, 0.3) is 5.56 Å². The third kappa shape index (κ3) is 6.06. The number of hydrogen-bond donors (Lipinski definition) is 0. The zero-order chi connectivity index (χ0) is 30.0. The minimum Gasteiger partial charge on any atom is -0.493 e. The van der Waals surface area contributed by atoms with Crippen LogP contribution in [0.15, 0.2) is 86.2 Å². The van der Waals surface area contributed by atoms with Crippen LogP contribution < -0.4 is 24.4 Å². The number of ether oxygens (including phenoxy) is 3. The Labute approximate surface area is 264 Å². The Bertz CT molecular complexity index is 1880. The number of carbonyl (C=O) groups is 1. The van der Waals surface area contributed by atoms with Crippen LogP contribution >= 0.6 is 50.5 Å². The fourth-order valence-corrected chi connectivity index (χ4v) is 6.52. The number of benzene rings is 3. The summed E-state index contributed by atoms with van der Waals surface area (Å²) in [6, 6.07) is 17.3. The summed E-state index contributed by atoms with van der Waals surface area (Å²) in [6.07, 6.45) is 1.74. The van der Waals surface area contributed by atoms with Gasteiger partial charge in [0.2, 0.25) is 0 Å². The molecule has 0 unspecified atom stereocenters. The first kappa shape index (κ1) is 30.1. The highest BCUT2D eigenvalue weighted by Gasteiger charge is 2.34. The first-order valence-electron chi connectivity index (χ1n) is 12.9. The molecule has 0 bridgehead atoms. The molecule has 0 amide bonds. The number of fused-ring (bicyclic) bond motifs is 1. The molecule has 0 N–H and O–H groups in total. The van der Waals surface area contributed by atoms with Gasteiger partial charge in [-0.05, 0) is 61.4 Å². The molecule has 1 aromatic heterocycles. The molecule has 0 aliphatic carbocycles. The van der Waals surface area contributed by atoms with Crippen LogP contribution in [0.5, 0.6) is 11.5 Å². The molecule has 4 aromatic rings. The second-order valence-corrected chi connectivity index (χ2v) is 12.0. The van der Waals surface area contributed by atoms with E-state index in [4.69, 9.17) is 37.4 Å². The predicted octanol–water partition coefficient (Wildman–Crippen LogP) is 6.46. The van der Waals surface area contributed by atoms with Crippen molar-refractivity contribution in [1.29, 1.82) is 0 Å². The van der Waals surface area contributed by atoms with Crippen LogP contribution in [0, 0.1) is 0 Å². The highest BCUT2D eigenvalue weighted by atomic mass is 79.9. The summed E-state index contributed by atoms with van der Waals surface area (Å²) in [6.45, 7) is 3.89. The molecule has 11 heteroatoms. The van der Waals surface area contributed by atoms with Crippen LogP contribution in [-0.2, 0) is 16.1 Å². The summed E-state index contributed by atoms with van der Waals surface area (Å²) in [5, 5.41) is 1.05. The fourth-order valence-electron chi connectivity index (χ4n) is 4.66. The van der Waals surface area contributed by atoms with Crippen molar-refractivity contribution in [2.45, 2.75) is 26.5 Å². The average Bonchev–Trinajstić information content (AvgIpc) is 3.26. The molecule has 216 valence electrons. The summed E-state index contributed by atoms with van der Waals surface area (Å²) in [7, 11) is 1.55. The summed E-state index contributed by atoms with van der Waals surface area (Å²) in [5.74, 6) is 0.409. The molecule has 7 nitrogen and oxygen atoms in total. The maximum Gasteiger partial charge on any atom is 0.338 e. The van der Waals surface area contributed by atoms with E-state index in [-0.39, 0.29) is 24.3 Å². The molecule has 2 heterocycles. The molecule has 0 saturated heterocycles. The van der Waals surface area contributed by atoms with E-state index in [1.807, 2.05) is 24.3 Å². The lowest BCUT2D eigenvalue weighted by Gasteiger charge is -2.25. The smallest absolute Gasteiger partial charge is 0.338 e. The number of carbonyl (C=O) groups excluding carboxylic acids is 1. The number of methoxy groups -OCH3 is 1. The quantitative estimate of drug-likeness (QED) is 0.199. The number of thiazole rings is 1. The van der Waals surface area contributed by atoms with Crippen LogP contribution in [0.4, 0.5) is 0 Å². The van der Waals surface area contributed by atoms with Crippen LogP contribution in [-0.4, -0.2) is 24.3 Å². The summed E-state index contributed by atoms with van der Waals surface area (Å²) < 4.78 is 19.8. The van der Waals surface area contributed by atoms with Crippen molar-refractivity contribution < 1.29 is 19.0 Å². The van der Waals surface area contributed by atoms with Crippen molar-refractivity contribution in [3.63, 3.8) is 0 Å². The molecular formula is C31H25BrCl2N2O5S. The van der Waals surface area contributed by atoms with Gasteiger partial charge in [0.15, 0.2) is 16.3 Å². The predicted molar refractivity (Wildman–Crippen MR) is 168 cm³/mol.